The third kappa shape index (κ3) is 7.23. The molecule has 154 valence electrons. The summed E-state index contributed by atoms with van der Waals surface area (Å²) in [5.41, 5.74) is 0. The zero-order valence-corrected chi connectivity index (χ0v) is 19.3. The van der Waals surface area contributed by atoms with Gasteiger partial charge in [-0.05, 0) is 44.4 Å². The molecule has 6 nitrogen and oxygen atoms in total. The Morgan fingerprint density at radius 1 is 1.07 bits per heavy atom. The monoisotopic (exact) mass is 488 g/mol. The first-order valence-electron chi connectivity index (χ1n) is 10.7. The standard InChI is InChI=1S/C20H36N6.HI/c1-3-19-25-22-15-26(19)14-13-21-20(23-17-7-5-4-6-8-17)24-18-11-9-16(2)10-12-18;/h15-18H,3-14H2,1-2H3,(H2,21,23,24);1H. The van der Waals surface area contributed by atoms with Crippen molar-refractivity contribution in [3.8, 4) is 0 Å². The topological polar surface area (TPSA) is 67.1 Å². The normalized spacial score (nSPS) is 24.3. The fraction of sp³-hybridized carbons (Fsp3) is 0.850. The van der Waals surface area contributed by atoms with E-state index in [1.165, 1.54) is 57.8 Å². The lowest BCUT2D eigenvalue weighted by molar-refractivity contribution is 0.326. The van der Waals surface area contributed by atoms with Crippen LogP contribution in [0.5, 0.6) is 0 Å². The van der Waals surface area contributed by atoms with Crippen molar-refractivity contribution in [2.45, 2.75) is 96.7 Å². The molecular weight excluding hydrogens is 451 g/mol. The van der Waals surface area contributed by atoms with E-state index in [0.717, 1.165) is 37.2 Å². The van der Waals surface area contributed by atoms with Crippen LogP contribution in [-0.2, 0) is 13.0 Å². The summed E-state index contributed by atoms with van der Waals surface area (Å²) in [6.45, 7) is 6.09. The molecule has 2 aliphatic carbocycles. The van der Waals surface area contributed by atoms with Crippen molar-refractivity contribution in [1.82, 2.24) is 25.4 Å². The van der Waals surface area contributed by atoms with Gasteiger partial charge in [0.15, 0.2) is 5.96 Å². The molecule has 0 atom stereocenters. The number of hydrogen-bond donors (Lipinski definition) is 2. The average molecular weight is 488 g/mol. The van der Waals surface area contributed by atoms with Crippen molar-refractivity contribution >= 4 is 29.9 Å². The molecule has 2 fully saturated rings. The number of nitrogens with zero attached hydrogens (tertiary/aromatic N) is 4. The van der Waals surface area contributed by atoms with Crippen molar-refractivity contribution in [2.24, 2.45) is 10.9 Å². The first-order chi connectivity index (χ1) is 12.7. The van der Waals surface area contributed by atoms with Gasteiger partial charge >= 0.3 is 0 Å². The highest BCUT2D eigenvalue weighted by Crippen LogP contribution is 2.23. The van der Waals surface area contributed by atoms with E-state index in [9.17, 15) is 0 Å². The number of nitrogens with one attached hydrogen (secondary N) is 2. The quantitative estimate of drug-likeness (QED) is 0.362. The molecule has 0 aromatic carbocycles. The number of guanidine groups is 1. The highest BCUT2D eigenvalue weighted by Gasteiger charge is 2.21. The Labute approximate surface area is 181 Å². The molecular formula is C20H37IN6. The van der Waals surface area contributed by atoms with Gasteiger partial charge in [-0.1, -0.05) is 33.1 Å². The van der Waals surface area contributed by atoms with E-state index in [1.807, 2.05) is 6.33 Å². The molecule has 7 heteroatoms. The summed E-state index contributed by atoms with van der Waals surface area (Å²) < 4.78 is 2.12. The maximum absolute atomic E-state index is 4.90. The summed E-state index contributed by atoms with van der Waals surface area (Å²) in [6, 6.07) is 1.15. The fourth-order valence-corrected chi connectivity index (χ4v) is 4.18. The molecule has 0 saturated heterocycles. The van der Waals surface area contributed by atoms with Crippen molar-refractivity contribution < 1.29 is 0 Å². The molecule has 1 aromatic rings. The molecule has 2 N–H and O–H groups in total. The SMILES string of the molecule is CCc1nncn1CCN=C(NC1CCCCC1)NC1CCC(C)CC1.I. The number of aryl methyl sites for hydroxylation is 1. The van der Waals surface area contributed by atoms with Gasteiger partial charge in [-0.25, -0.2) is 0 Å². The second-order valence-corrected chi connectivity index (χ2v) is 8.10. The summed E-state index contributed by atoms with van der Waals surface area (Å²) in [5.74, 6) is 2.93. The van der Waals surface area contributed by atoms with Gasteiger partial charge in [-0.15, -0.1) is 34.2 Å². The van der Waals surface area contributed by atoms with Gasteiger partial charge in [0, 0.05) is 25.0 Å². The van der Waals surface area contributed by atoms with Crippen LogP contribution in [0.25, 0.3) is 0 Å². The minimum atomic E-state index is 0. The minimum absolute atomic E-state index is 0. The molecule has 1 heterocycles. The third-order valence-corrected chi connectivity index (χ3v) is 5.93. The van der Waals surface area contributed by atoms with Crippen molar-refractivity contribution in [2.75, 3.05) is 6.54 Å². The van der Waals surface area contributed by atoms with E-state index in [0.29, 0.717) is 12.1 Å². The maximum atomic E-state index is 4.90. The Morgan fingerprint density at radius 2 is 1.74 bits per heavy atom. The zero-order valence-electron chi connectivity index (χ0n) is 17.0. The van der Waals surface area contributed by atoms with Gasteiger partial charge in [0.25, 0.3) is 0 Å². The molecule has 0 bridgehead atoms. The van der Waals surface area contributed by atoms with Crippen LogP contribution in [-0.4, -0.2) is 39.4 Å². The molecule has 0 aliphatic heterocycles. The van der Waals surface area contributed by atoms with Gasteiger partial charge in [-0.3, -0.25) is 4.99 Å². The first-order valence-corrected chi connectivity index (χ1v) is 10.7. The summed E-state index contributed by atoms with van der Waals surface area (Å²) in [7, 11) is 0. The van der Waals surface area contributed by atoms with Crippen LogP contribution in [0.4, 0.5) is 0 Å². The van der Waals surface area contributed by atoms with Crippen molar-refractivity contribution in [3.63, 3.8) is 0 Å². The number of halogens is 1. The minimum Gasteiger partial charge on any atom is -0.354 e. The molecule has 2 saturated carbocycles. The smallest absolute Gasteiger partial charge is 0.191 e. The van der Waals surface area contributed by atoms with E-state index in [-0.39, 0.29) is 24.0 Å². The second kappa shape index (κ2) is 11.9. The highest BCUT2D eigenvalue weighted by atomic mass is 127. The van der Waals surface area contributed by atoms with Crippen molar-refractivity contribution in [1.29, 1.82) is 0 Å². The van der Waals surface area contributed by atoms with Crippen LogP contribution in [0, 0.1) is 5.92 Å². The Hall–Kier alpha value is -0.860. The summed E-state index contributed by atoms with van der Waals surface area (Å²) >= 11 is 0. The molecule has 0 radical (unpaired) electrons. The molecule has 27 heavy (non-hydrogen) atoms. The van der Waals surface area contributed by atoms with Crippen LogP contribution in [0.2, 0.25) is 0 Å². The van der Waals surface area contributed by atoms with Gasteiger partial charge in [0.2, 0.25) is 0 Å². The summed E-state index contributed by atoms with van der Waals surface area (Å²) in [4.78, 5) is 4.90. The van der Waals surface area contributed by atoms with E-state index < -0.39 is 0 Å². The number of aromatic nitrogens is 3. The molecule has 0 spiro atoms. The van der Waals surface area contributed by atoms with E-state index in [1.54, 1.807) is 0 Å². The Kier molecular flexibility index (Phi) is 9.86. The van der Waals surface area contributed by atoms with Crippen LogP contribution < -0.4 is 10.6 Å². The molecule has 1 aromatic heterocycles. The predicted octanol–water partition coefficient (Wildman–Crippen LogP) is 3.91. The fourth-order valence-electron chi connectivity index (χ4n) is 4.18. The average Bonchev–Trinajstić information content (AvgIpc) is 3.12. The first kappa shape index (κ1) is 22.4. The number of aliphatic imine (C=N–C) groups is 1. The largest absolute Gasteiger partial charge is 0.354 e. The van der Waals surface area contributed by atoms with Gasteiger partial charge in [0.1, 0.15) is 12.2 Å². The number of rotatable bonds is 6. The van der Waals surface area contributed by atoms with E-state index >= 15 is 0 Å². The van der Waals surface area contributed by atoms with Gasteiger partial charge in [-0.2, -0.15) is 0 Å². The van der Waals surface area contributed by atoms with Crippen molar-refractivity contribution in [3.05, 3.63) is 12.2 Å². The van der Waals surface area contributed by atoms with Crippen LogP contribution in [0.3, 0.4) is 0 Å². The summed E-state index contributed by atoms with van der Waals surface area (Å²) in [6.07, 6.45) is 14.5. The number of hydrogen-bond acceptors (Lipinski definition) is 3. The lowest BCUT2D eigenvalue weighted by atomic mass is 9.87. The van der Waals surface area contributed by atoms with Crippen LogP contribution in [0.15, 0.2) is 11.3 Å². The maximum Gasteiger partial charge on any atom is 0.191 e. The van der Waals surface area contributed by atoms with Crippen LogP contribution >= 0.6 is 24.0 Å². The second-order valence-electron chi connectivity index (χ2n) is 8.10. The zero-order chi connectivity index (χ0) is 18.2. The Morgan fingerprint density at radius 3 is 2.41 bits per heavy atom. The third-order valence-electron chi connectivity index (χ3n) is 5.93. The van der Waals surface area contributed by atoms with Crippen LogP contribution in [0.1, 0.15) is 77.5 Å². The molecule has 0 amide bonds. The Balaban J connectivity index is 0.00000261. The molecule has 0 unspecified atom stereocenters. The predicted molar refractivity (Wildman–Crippen MR) is 122 cm³/mol. The lowest BCUT2D eigenvalue weighted by Gasteiger charge is -2.31. The lowest BCUT2D eigenvalue weighted by Crippen LogP contribution is -2.49. The molecule has 2 aliphatic rings. The van der Waals surface area contributed by atoms with E-state index in [4.69, 9.17) is 4.99 Å². The Bertz CT molecular complexity index is 559. The highest BCUT2D eigenvalue weighted by molar-refractivity contribution is 14.0. The van der Waals surface area contributed by atoms with Gasteiger partial charge < -0.3 is 15.2 Å². The summed E-state index contributed by atoms with van der Waals surface area (Å²) in [5, 5.41) is 15.6. The van der Waals surface area contributed by atoms with E-state index in [2.05, 4.69) is 39.2 Å². The van der Waals surface area contributed by atoms with Gasteiger partial charge in [0.05, 0.1) is 6.54 Å². The molecule has 3 rings (SSSR count).